The maximum atomic E-state index is 6.04. The van der Waals surface area contributed by atoms with Crippen LogP contribution in [-0.4, -0.2) is 24.0 Å². The van der Waals surface area contributed by atoms with Gasteiger partial charge in [0, 0.05) is 35.7 Å². The predicted octanol–water partition coefficient (Wildman–Crippen LogP) is 2.14. The van der Waals surface area contributed by atoms with Crippen molar-refractivity contribution >= 4 is 23.2 Å². The topological polar surface area (TPSA) is 29.3 Å². The van der Waals surface area contributed by atoms with Gasteiger partial charge in [0.15, 0.2) is 0 Å². The van der Waals surface area contributed by atoms with Gasteiger partial charge in [-0.25, -0.2) is 0 Å². The van der Waals surface area contributed by atoms with Gasteiger partial charge in [0.2, 0.25) is 0 Å². The molecule has 2 N–H and O–H groups in total. The molecule has 2 rings (SSSR count). The lowest BCUT2D eigenvalue weighted by atomic mass is 10.1. The summed E-state index contributed by atoms with van der Waals surface area (Å²) in [5.74, 6) is 0. The van der Waals surface area contributed by atoms with Crippen LogP contribution in [0.2, 0.25) is 10.0 Å². The molecule has 1 aromatic carbocycles. The maximum absolute atomic E-state index is 6.04. The second-order valence-corrected chi connectivity index (χ2v) is 4.53. The molecule has 4 heteroatoms. The second kappa shape index (κ2) is 4.07. The molecule has 0 radical (unpaired) electrons. The minimum Gasteiger partial charge on any atom is -0.325 e. The van der Waals surface area contributed by atoms with Gasteiger partial charge < -0.3 is 5.73 Å². The van der Waals surface area contributed by atoms with Gasteiger partial charge in [0.1, 0.15) is 0 Å². The van der Waals surface area contributed by atoms with Crippen LogP contribution in [-0.2, 0) is 6.54 Å². The molecule has 0 unspecified atom stereocenters. The number of hydrogen-bond acceptors (Lipinski definition) is 2. The number of hydrogen-bond donors (Lipinski definition) is 1. The minimum atomic E-state index is 0.327. The zero-order valence-corrected chi connectivity index (χ0v) is 9.22. The Morgan fingerprint density at radius 3 is 2.71 bits per heavy atom. The summed E-state index contributed by atoms with van der Waals surface area (Å²) < 4.78 is 0. The van der Waals surface area contributed by atoms with Gasteiger partial charge in [-0.05, 0) is 23.8 Å². The molecule has 14 heavy (non-hydrogen) atoms. The van der Waals surface area contributed by atoms with Crippen molar-refractivity contribution in [1.29, 1.82) is 0 Å². The van der Waals surface area contributed by atoms with E-state index in [1.54, 1.807) is 6.07 Å². The molecule has 0 saturated carbocycles. The fraction of sp³-hybridized carbons (Fsp3) is 0.400. The molecule has 1 aromatic rings. The SMILES string of the molecule is NC1CN(Cc2cc(Cl)ccc2Cl)C1. The van der Waals surface area contributed by atoms with E-state index in [0.717, 1.165) is 35.2 Å². The highest BCUT2D eigenvalue weighted by molar-refractivity contribution is 6.33. The van der Waals surface area contributed by atoms with Crippen LogP contribution < -0.4 is 5.73 Å². The predicted molar refractivity (Wildman–Crippen MR) is 59.7 cm³/mol. The monoisotopic (exact) mass is 230 g/mol. The lowest BCUT2D eigenvalue weighted by Crippen LogP contribution is -2.54. The van der Waals surface area contributed by atoms with Gasteiger partial charge in [0.25, 0.3) is 0 Å². The highest BCUT2D eigenvalue weighted by Gasteiger charge is 2.23. The molecule has 1 aliphatic heterocycles. The van der Waals surface area contributed by atoms with Crippen molar-refractivity contribution in [2.45, 2.75) is 12.6 Å². The molecule has 0 aliphatic carbocycles. The maximum Gasteiger partial charge on any atom is 0.0452 e. The molecule has 0 amide bonds. The average Bonchev–Trinajstić information content (AvgIpc) is 2.09. The molecule has 1 saturated heterocycles. The number of nitrogens with zero attached hydrogens (tertiary/aromatic N) is 1. The molecular weight excluding hydrogens is 219 g/mol. The molecule has 2 nitrogen and oxygen atoms in total. The Kier molecular flexibility index (Phi) is 2.98. The van der Waals surface area contributed by atoms with Crippen LogP contribution in [0.3, 0.4) is 0 Å². The molecule has 0 spiro atoms. The lowest BCUT2D eigenvalue weighted by molar-refractivity contribution is 0.142. The number of rotatable bonds is 2. The van der Waals surface area contributed by atoms with Crippen molar-refractivity contribution in [3.63, 3.8) is 0 Å². The van der Waals surface area contributed by atoms with Crippen molar-refractivity contribution < 1.29 is 0 Å². The van der Waals surface area contributed by atoms with E-state index in [-0.39, 0.29) is 0 Å². The van der Waals surface area contributed by atoms with E-state index in [0.29, 0.717) is 6.04 Å². The fourth-order valence-electron chi connectivity index (χ4n) is 1.64. The molecule has 0 atom stereocenters. The van der Waals surface area contributed by atoms with E-state index in [4.69, 9.17) is 28.9 Å². The second-order valence-electron chi connectivity index (χ2n) is 3.69. The van der Waals surface area contributed by atoms with Crippen LogP contribution in [0.5, 0.6) is 0 Å². The van der Waals surface area contributed by atoms with Crippen molar-refractivity contribution in [3.8, 4) is 0 Å². The van der Waals surface area contributed by atoms with Gasteiger partial charge in [-0.3, -0.25) is 4.90 Å². The number of nitrogens with two attached hydrogens (primary N) is 1. The number of likely N-dealkylation sites (tertiary alicyclic amines) is 1. The highest BCUT2D eigenvalue weighted by atomic mass is 35.5. The number of halogens is 2. The zero-order chi connectivity index (χ0) is 10.1. The van der Waals surface area contributed by atoms with Crippen molar-refractivity contribution in [2.75, 3.05) is 13.1 Å². The molecule has 1 aliphatic rings. The van der Waals surface area contributed by atoms with Crippen LogP contribution in [0.15, 0.2) is 18.2 Å². The largest absolute Gasteiger partial charge is 0.325 e. The third-order valence-electron chi connectivity index (χ3n) is 2.39. The summed E-state index contributed by atoms with van der Waals surface area (Å²) in [6.45, 7) is 2.73. The van der Waals surface area contributed by atoms with E-state index in [1.807, 2.05) is 12.1 Å². The summed E-state index contributed by atoms with van der Waals surface area (Å²) in [6.07, 6.45) is 0. The van der Waals surface area contributed by atoms with E-state index in [2.05, 4.69) is 4.90 Å². The smallest absolute Gasteiger partial charge is 0.0452 e. The summed E-state index contributed by atoms with van der Waals surface area (Å²) in [4.78, 5) is 2.25. The van der Waals surface area contributed by atoms with Gasteiger partial charge in [0.05, 0.1) is 0 Å². The van der Waals surface area contributed by atoms with Crippen LogP contribution in [0.4, 0.5) is 0 Å². The van der Waals surface area contributed by atoms with Gasteiger partial charge in [-0.15, -0.1) is 0 Å². The molecule has 76 valence electrons. The lowest BCUT2D eigenvalue weighted by Gasteiger charge is -2.37. The standard InChI is InChI=1S/C10H12Cl2N2/c11-8-1-2-10(12)7(3-8)4-14-5-9(13)6-14/h1-3,9H,4-6,13H2. The Bertz CT molecular complexity index is 335. The van der Waals surface area contributed by atoms with Gasteiger partial charge in [-0.2, -0.15) is 0 Å². The third kappa shape index (κ3) is 2.20. The zero-order valence-electron chi connectivity index (χ0n) is 7.71. The quantitative estimate of drug-likeness (QED) is 0.844. The van der Waals surface area contributed by atoms with E-state index < -0.39 is 0 Å². The third-order valence-corrected chi connectivity index (χ3v) is 2.99. The first kappa shape index (κ1) is 10.2. The Morgan fingerprint density at radius 1 is 1.36 bits per heavy atom. The Morgan fingerprint density at radius 2 is 2.07 bits per heavy atom. The van der Waals surface area contributed by atoms with Gasteiger partial charge >= 0.3 is 0 Å². The molecule has 1 fully saturated rings. The average molecular weight is 231 g/mol. The first-order chi connectivity index (χ1) is 6.65. The van der Waals surface area contributed by atoms with Crippen molar-refractivity contribution in [3.05, 3.63) is 33.8 Å². The normalized spacial score (nSPS) is 18.2. The van der Waals surface area contributed by atoms with Gasteiger partial charge in [-0.1, -0.05) is 23.2 Å². The van der Waals surface area contributed by atoms with Crippen LogP contribution in [0, 0.1) is 0 Å². The summed E-state index contributed by atoms with van der Waals surface area (Å²) in [5, 5.41) is 1.50. The molecule has 0 aromatic heterocycles. The Labute approximate surface area is 93.6 Å². The first-order valence-electron chi connectivity index (χ1n) is 4.57. The van der Waals surface area contributed by atoms with Crippen LogP contribution >= 0.6 is 23.2 Å². The fourth-order valence-corrected chi connectivity index (χ4v) is 2.02. The Balaban J connectivity index is 2.05. The highest BCUT2D eigenvalue weighted by Crippen LogP contribution is 2.23. The van der Waals surface area contributed by atoms with Crippen molar-refractivity contribution in [1.82, 2.24) is 4.90 Å². The van der Waals surface area contributed by atoms with E-state index in [9.17, 15) is 0 Å². The van der Waals surface area contributed by atoms with E-state index in [1.165, 1.54) is 0 Å². The minimum absolute atomic E-state index is 0.327. The summed E-state index contributed by atoms with van der Waals surface area (Å²) in [6, 6.07) is 5.87. The first-order valence-corrected chi connectivity index (χ1v) is 5.32. The summed E-state index contributed by atoms with van der Waals surface area (Å²) >= 11 is 11.9. The summed E-state index contributed by atoms with van der Waals surface area (Å²) in [5.41, 5.74) is 6.76. The molecule has 1 heterocycles. The number of benzene rings is 1. The van der Waals surface area contributed by atoms with Crippen LogP contribution in [0.1, 0.15) is 5.56 Å². The molecular formula is C10H12Cl2N2. The van der Waals surface area contributed by atoms with Crippen molar-refractivity contribution in [2.24, 2.45) is 5.73 Å². The van der Waals surface area contributed by atoms with Crippen LogP contribution in [0.25, 0.3) is 0 Å². The Hall–Kier alpha value is -0.280. The molecule has 0 bridgehead atoms. The van der Waals surface area contributed by atoms with E-state index >= 15 is 0 Å². The summed E-state index contributed by atoms with van der Waals surface area (Å²) in [7, 11) is 0.